The van der Waals surface area contributed by atoms with Gasteiger partial charge in [0, 0.05) is 22.7 Å². The van der Waals surface area contributed by atoms with Gasteiger partial charge in [-0.25, -0.2) is 0 Å². The molecule has 1 aromatic carbocycles. The van der Waals surface area contributed by atoms with Gasteiger partial charge in [0.25, 0.3) is 0 Å². The lowest BCUT2D eigenvalue weighted by molar-refractivity contribution is -0.142. The number of nitrogens with zero attached hydrogens (tertiary/aromatic N) is 1. The first-order chi connectivity index (χ1) is 8.92. The normalized spacial score (nSPS) is 10.7. The second kappa shape index (κ2) is 7.16. The Morgan fingerprint density at radius 2 is 1.84 bits per heavy atom. The number of amides is 1. The molecular formula is C13H13Cl2NO3. The molecular weight excluding hydrogens is 289 g/mol. The third-order valence-corrected chi connectivity index (χ3v) is 2.76. The SMILES string of the molecule is CCN(CC(=O)O)C(=O)/C=C/c1cc(Cl)cc(Cl)c1. The molecule has 0 radical (unpaired) electrons. The lowest BCUT2D eigenvalue weighted by atomic mass is 10.2. The van der Waals surface area contributed by atoms with E-state index in [1.807, 2.05) is 0 Å². The van der Waals surface area contributed by atoms with Crippen LogP contribution in [-0.4, -0.2) is 35.0 Å². The molecule has 0 saturated heterocycles. The van der Waals surface area contributed by atoms with Crippen LogP contribution in [0.1, 0.15) is 12.5 Å². The number of aliphatic carboxylic acids is 1. The lowest BCUT2D eigenvalue weighted by Gasteiger charge is -2.15. The van der Waals surface area contributed by atoms with E-state index >= 15 is 0 Å². The van der Waals surface area contributed by atoms with Crippen molar-refractivity contribution < 1.29 is 14.7 Å². The van der Waals surface area contributed by atoms with Crippen LogP contribution in [0.2, 0.25) is 10.0 Å². The molecule has 0 aliphatic carbocycles. The zero-order valence-electron chi connectivity index (χ0n) is 10.3. The molecule has 102 valence electrons. The van der Waals surface area contributed by atoms with E-state index in [0.29, 0.717) is 22.2 Å². The Morgan fingerprint density at radius 3 is 2.32 bits per heavy atom. The smallest absolute Gasteiger partial charge is 0.323 e. The van der Waals surface area contributed by atoms with Gasteiger partial charge in [-0.05, 0) is 36.8 Å². The molecule has 6 heteroatoms. The van der Waals surface area contributed by atoms with Crippen molar-refractivity contribution in [3.63, 3.8) is 0 Å². The summed E-state index contributed by atoms with van der Waals surface area (Å²) in [6.07, 6.45) is 2.85. The van der Waals surface area contributed by atoms with Gasteiger partial charge in [0.15, 0.2) is 0 Å². The Bertz CT molecular complexity index is 494. The van der Waals surface area contributed by atoms with E-state index in [1.54, 1.807) is 31.2 Å². The van der Waals surface area contributed by atoms with Gasteiger partial charge in [-0.2, -0.15) is 0 Å². The number of carboxylic acids is 1. The van der Waals surface area contributed by atoms with E-state index in [2.05, 4.69) is 0 Å². The largest absolute Gasteiger partial charge is 0.480 e. The number of rotatable bonds is 5. The summed E-state index contributed by atoms with van der Waals surface area (Å²) in [6.45, 7) is 1.71. The van der Waals surface area contributed by atoms with Crippen molar-refractivity contribution in [3.05, 3.63) is 39.9 Å². The van der Waals surface area contributed by atoms with Crippen molar-refractivity contribution in [2.45, 2.75) is 6.92 Å². The van der Waals surface area contributed by atoms with Gasteiger partial charge in [-0.1, -0.05) is 23.2 Å². The molecule has 0 aliphatic rings. The van der Waals surface area contributed by atoms with Gasteiger partial charge < -0.3 is 10.0 Å². The maximum absolute atomic E-state index is 11.8. The predicted octanol–water partition coefficient (Wildman–Crippen LogP) is 2.94. The molecule has 0 aliphatic heterocycles. The van der Waals surface area contributed by atoms with Crippen LogP contribution in [-0.2, 0) is 9.59 Å². The summed E-state index contributed by atoms with van der Waals surface area (Å²) < 4.78 is 0. The molecule has 1 aromatic rings. The average Bonchev–Trinajstić information content (AvgIpc) is 2.31. The molecule has 19 heavy (non-hydrogen) atoms. The van der Waals surface area contributed by atoms with Gasteiger partial charge in [0.05, 0.1) is 0 Å². The number of benzene rings is 1. The quantitative estimate of drug-likeness (QED) is 0.851. The Kier molecular flexibility index (Phi) is 5.86. The van der Waals surface area contributed by atoms with E-state index in [0.717, 1.165) is 0 Å². The first-order valence-electron chi connectivity index (χ1n) is 5.57. The highest BCUT2D eigenvalue weighted by molar-refractivity contribution is 6.34. The van der Waals surface area contributed by atoms with Crippen LogP contribution in [0.25, 0.3) is 6.08 Å². The standard InChI is InChI=1S/C13H13Cl2NO3/c1-2-16(8-13(18)19)12(17)4-3-9-5-10(14)7-11(15)6-9/h3-7H,2,8H2,1H3,(H,18,19)/b4-3+. The minimum absolute atomic E-state index is 0.323. The van der Waals surface area contributed by atoms with Gasteiger partial charge in [-0.15, -0.1) is 0 Å². The highest BCUT2D eigenvalue weighted by Gasteiger charge is 2.11. The van der Waals surface area contributed by atoms with Crippen molar-refractivity contribution in [2.24, 2.45) is 0 Å². The third kappa shape index (κ3) is 5.32. The molecule has 1 rings (SSSR count). The van der Waals surface area contributed by atoms with Crippen LogP contribution in [0.15, 0.2) is 24.3 Å². The molecule has 1 amide bonds. The molecule has 0 unspecified atom stereocenters. The fourth-order valence-electron chi connectivity index (χ4n) is 1.45. The summed E-state index contributed by atoms with van der Waals surface area (Å²) in [5.74, 6) is -1.42. The molecule has 0 fully saturated rings. The highest BCUT2D eigenvalue weighted by Crippen LogP contribution is 2.19. The topological polar surface area (TPSA) is 57.6 Å². The molecule has 0 heterocycles. The molecule has 1 N–H and O–H groups in total. The fourth-order valence-corrected chi connectivity index (χ4v) is 2.00. The van der Waals surface area contributed by atoms with Crippen LogP contribution in [0.5, 0.6) is 0 Å². The van der Waals surface area contributed by atoms with E-state index in [1.165, 1.54) is 11.0 Å². The zero-order valence-corrected chi connectivity index (χ0v) is 11.8. The van der Waals surface area contributed by atoms with Gasteiger partial charge in [0.1, 0.15) is 6.54 Å². The lowest BCUT2D eigenvalue weighted by Crippen LogP contribution is -2.34. The summed E-state index contributed by atoms with van der Waals surface area (Å²) in [6, 6.07) is 4.90. The number of carbonyl (C=O) groups is 2. The van der Waals surface area contributed by atoms with E-state index < -0.39 is 5.97 Å². The zero-order chi connectivity index (χ0) is 14.4. The molecule has 0 bridgehead atoms. The maximum Gasteiger partial charge on any atom is 0.323 e. The fraction of sp³-hybridized carbons (Fsp3) is 0.231. The highest BCUT2D eigenvalue weighted by atomic mass is 35.5. The molecule has 0 atom stereocenters. The molecule has 0 spiro atoms. The molecule has 0 aromatic heterocycles. The molecule has 4 nitrogen and oxygen atoms in total. The number of hydrogen-bond acceptors (Lipinski definition) is 2. The van der Waals surface area contributed by atoms with E-state index in [-0.39, 0.29) is 12.5 Å². The van der Waals surface area contributed by atoms with E-state index in [9.17, 15) is 9.59 Å². The van der Waals surface area contributed by atoms with Crippen molar-refractivity contribution >= 4 is 41.2 Å². The average molecular weight is 302 g/mol. The first kappa shape index (κ1) is 15.5. The Morgan fingerprint density at radius 1 is 1.26 bits per heavy atom. The first-order valence-corrected chi connectivity index (χ1v) is 6.33. The van der Waals surface area contributed by atoms with Crippen molar-refractivity contribution in [3.8, 4) is 0 Å². The maximum atomic E-state index is 11.8. The van der Waals surface area contributed by atoms with Crippen LogP contribution in [0.3, 0.4) is 0 Å². The van der Waals surface area contributed by atoms with Gasteiger partial charge in [0.2, 0.25) is 5.91 Å². The Labute approximate surface area is 121 Å². The van der Waals surface area contributed by atoms with Crippen molar-refractivity contribution in [1.29, 1.82) is 0 Å². The second-order valence-electron chi connectivity index (χ2n) is 3.78. The van der Waals surface area contributed by atoms with Crippen LogP contribution in [0, 0.1) is 0 Å². The summed E-state index contributed by atoms with van der Waals surface area (Å²) >= 11 is 11.7. The molecule has 0 saturated carbocycles. The third-order valence-electron chi connectivity index (χ3n) is 2.32. The number of hydrogen-bond donors (Lipinski definition) is 1. The number of carboxylic acid groups (broad SMARTS) is 1. The van der Waals surface area contributed by atoms with Crippen molar-refractivity contribution in [2.75, 3.05) is 13.1 Å². The summed E-state index contributed by atoms with van der Waals surface area (Å²) in [7, 11) is 0. The van der Waals surface area contributed by atoms with Gasteiger partial charge >= 0.3 is 5.97 Å². The van der Waals surface area contributed by atoms with Crippen LogP contribution >= 0.6 is 23.2 Å². The predicted molar refractivity (Wildman–Crippen MR) is 75.4 cm³/mol. The van der Waals surface area contributed by atoms with Gasteiger partial charge in [-0.3, -0.25) is 9.59 Å². The summed E-state index contributed by atoms with van der Waals surface area (Å²) in [5.41, 5.74) is 0.678. The monoisotopic (exact) mass is 301 g/mol. The van der Waals surface area contributed by atoms with Crippen LogP contribution in [0.4, 0.5) is 0 Å². The van der Waals surface area contributed by atoms with E-state index in [4.69, 9.17) is 28.3 Å². The minimum atomic E-state index is -1.05. The number of likely N-dealkylation sites (N-methyl/N-ethyl adjacent to an activating group) is 1. The number of halogens is 2. The summed E-state index contributed by atoms with van der Waals surface area (Å²) in [5, 5.41) is 9.61. The number of carbonyl (C=O) groups excluding carboxylic acids is 1. The second-order valence-corrected chi connectivity index (χ2v) is 4.66. The Balaban J connectivity index is 2.79. The minimum Gasteiger partial charge on any atom is -0.480 e. The van der Waals surface area contributed by atoms with Crippen molar-refractivity contribution in [1.82, 2.24) is 4.90 Å². The van der Waals surface area contributed by atoms with Crippen LogP contribution < -0.4 is 0 Å². The summed E-state index contributed by atoms with van der Waals surface area (Å²) in [4.78, 5) is 23.6. The Hall–Kier alpha value is -1.52.